The molecule has 3 aromatic rings. The number of hydrogen-bond donors (Lipinski definition) is 2. The number of aliphatic hydroxyl groups is 1. The lowest BCUT2D eigenvalue weighted by Gasteiger charge is -2.18. The molecule has 30 heavy (non-hydrogen) atoms. The number of imidazole rings is 1. The van der Waals surface area contributed by atoms with Gasteiger partial charge in [-0.3, -0.25) is 13.9 Å². The maximum absolute atomic E-state index is 12.8. The minimum absolute atomic E-state index is 0.0532. The predicted molar refractivity (Wildman–Crippen MR) is 116 cm³/mol. The molecule has 0 amide bonds. The lowest BCUT2D eigenvalue weighted by Crippen LogP contribution is -2.38. The Morgan fingerprint density at radius 1 is 1.17 bits per heavy atom. The van der Waals surface area contributed by atoms with Gasteiger partial charge in [0.2, 0.25) is 5.95 Å². The number of fused-ring (bicyclic) bond motifs is 1. The number of benzene rings is 1. The summed E-state index contributed by atoms with van der Waals surface area (Å²) in [7, 11) is 3.01. The SMILES string of the molecule is CC[C@H](C)Nc1nc2c(c(=O)n(C)c(=O)n2C)n1C[C@@H](O)COc1ccc(C)cc1. The minimum Gasteiger partial charge on any atom is -0.491 e. The van der Waals surface area contributed by atoms with Gasteiger partial charge in [0.25, 0.3) is 5.56 Å². The molecule has 2 heterocycles. The van der Waals surface area contributed by atoms with Gasteiger partial charge < -0.3 is 19.7 Å². The molecular formula is C21H29N5O4. The third-order valence-electron chi connectivity index (χ3n) is 5.19. The first-order valence-electron chi connectivity index (χ1n) is 10.0. The number of ether oxygens (including phenoxy) is 1. The highest BCUT2D eigenvalue weighted by Gasteiger charge is 2.22. The average molecular weight is 415 g/mol. The van der Waals surface area contributed by atoms with Gasteiger partial charge in [0.05, 0.1) is 6.54 Å². The Hall–Kier alpha value is -3.07. The fraction of sp³-hybridized carbons (Fsp3) is 0.476. The second-order valence-corrected chi connectivity index (χ2v) is 7.66. The molecule has 0 unspecified atom stereocenters. The van der Waals surface area contributed by atoms with Gasteiger partial charge in [0.15, 0.2) is 11.2 Å². The van der Waals surface area contributed by atoms with Gasteiger partial charge in [-0.25, -0.2) is 4.79 Å². The van der Waals surface area contributed by atoms with E-state index in [4.69, 9.17) is 4.74 Å². The van der Waals surface area contributed by atoms with Crippen LogP contribution in [0.4, 0.5) is 5.95 Å². The molecule has 2 atom stereocenters. The van der Waals surface area contributed by atoms with Gasteiger partial charge >= 0.3 is 5.69 Å². The summed E-state index contributed by atoms with van der Waals surface area (Å²) in [5, 5.41) is 13.9. The van der Waals surface area contributed by atoms with Crippen LogP contribution in [0.2, 0.25) is 0 Å². The second kappa shape index (κ2) is 8.74. The van der Waals surface area contributed by atoms with Gasteiger partial charge in [-0.2, -0.15) is 4.98 Å². The van der Waals surface area contributed by atoms with Crippen LogP contribution in [0.5, 0.6) is 5.75 Å². The highest BCUT2D eigenvalue weighted by Crippen LogP contribution is 2.18. The lowest BCUT2D eigenvalue weighted by molar-refractivity contribution is 0.0938. The van der Waals surface area contributed by atoms with Crippen molar-refractivity contribution in [1.82, 2.24) is 18.7 Å². The summed E-state index contributed by atoms with van der Waals surface area (Å²) >= 11 is 0. The summed E-state index contributed by atoms with van der Waals surface area (Å²) in [6.45, 7) is 6.16. The van der Waals surface area contributed by atoms with Crippen molar-refractivity contribution >= 4 is 17.1 Å². The van der Waals surface area contributed by atoms with E-state index in [1.807, 2.05) is 45.0 Å². The van der Waals surface area contributed by atoms with Crippen LogP contribution in [0.1, 0.15) is 25.8 Å². The molecule has 2 N–H and O–H groups in total. The smallest absolute Gasteiger partial charge is 0.332 e. The number of aromatic nitrogens is 4. The van der Waals surface area contributed by atoms with Gasteiger partial charge in [-0.15, -0.1) is 0 Å². The molecule has 1 aromatic carbocycles. The number of aliphatic hydroxyl groups excluding tert-OH is 1. The number of nitrogens with zero attached hydrogens (tertiary/aromatic N) is 4. The Labute approximate surface area is 174 Å². The molecule has 3 rings (SSSR count). The van der Waals surface area contributed by atoms with Crippen molar-refractivity contribution in [1.29, 1.82) is 0 Å². The topological polar surface area (TPSA) is 103 Å². The zero-order valence-corrected chi connectivity index (χ0v) is 18.0. The van der Waals surface area contributed by atoms with Gasteiger partial charge in [0, 0.05) is 20.1 Å². The van der Waals surface area contributed by atoms with Crippen LogP contribution in [0.15, 0.2) is 33.9 Å². The van der Waals surface area contributed by atoms with E-state index in [0.29, 0.717) is 11.7 Å². The van der Waals surface area contributed by atoms with Crippen LogP contribution in [0, 0.1) is 6.92 Å². The highest BCUT2D eigenvalue weighted by atomic mass is 16.5. The van der Waals surface area contributed by atoms with E-state index in [9.17, 15) is 14.7 Å². The molecule has 9 nitrogen and oxygen atoms in total. The van der Waals surface area contributed by atoms with Crippen LogP contribution in [0.25, 0.3) is 11.2 Å². The van der Waals surface area contributed by atoms with Crippen molar-refractivity contribution in [3.63, 3.8) is 0 Å². The Morgan fingerprint density at radius 2 is 1.83 bits per heavy atom. The largest absolute Gasteiger partial charge is 0.491 e. The molecule has 0 saturated carbocycles. The van der Waals surface area contributed by atoms with E-state index in [-0.39, 0.29) is 30.4 Å². The molecular weight excluding hydrogens is 386 g/mol. The molecule has 0 spiro atoms. The van der Waals surface area contributed by atoms with E-state index in [0.717, 1.165) is 16.6 Å². The average Bonchev–Trinajstić information content (AvgIpc) is 3.08. The fourth-order valence-corrected chi connectivity index (χ4v) is 3.15. The monoisotopic (exact) mass is 415 g/mol. The predicted octanol–water partition coefficient (Wildman–Crippen LogP) is 1.39. The molecule has 0 bridgehead atoms. The Bertz CT molecular complexity index is 1140. The van der Waals surface area contributed by atoms with Crippen LogP contribution < -0.4 is 21.3 Å². The number of aryl methyl sites for hydroxylation is 2. The van der Waals surface area contributed by atoms with Crippen molar-refractivity contribution in [2.45, 2.75) is 45.9 Å². The Morgan fingerprint density at radius 3 is 2.47 bits per heavy atom. The highest BCUT2D eigenvalue weighted by molar-refractivity contribution is 5.74. The normalized spacial score (nSPS) is 13.4. The summed E-state index contributed by atoms with van der Waals surface area (Å²) in [6, 6.07) is 7.65. The molecule has 0 aliphatic heterocycles. The van der Waals surface area contributed by atoms with Gasteiger partial charge in [0.1, 0.15) is 18.5 Å². The van der Waals surface area contributed by atoms with Crippen molar-refractivity contribution in [3.8, 4) is 5.75 Å². The van der Waals surface area contributed by atoms with Crippen molar-refractivity contribution in [2.75, 3.05) is 11.9 Å². The first-order chi connectivity index (χ1) is 14.2. The molecule has 162 valence electrons. The van der Waals surface area contributed by atoms with Gasteiger partial charge in [-0.1, -0.05) is 24.6 Å². The summed E-state index contributed by atoms with van der Waals surface area (Å²) in [4.78, 5) is 29.6. The van der Waals surface area contributed by atoms with Crippen LogP contribution in [-0.2, 0) is 20.6 Å². The Balaban J connectivity index is 1.95. The molecule has 0 fully saturated rings. The molecule has 9 heteroatoms. The Kier molecular flexibility index (Phi) is 6.31. The zero-order chi connectivity index (χ0) is 22.0. The van der Waals surface area contributed by atoms with Gasteiger partial charge in [-0.05, 0) is 32.4 Å². The number of hydrogen-bond acceptors (Lipinski definition) is 6. The first-order valence-corrected chi connectivity index (χ1v) is 10.0. The third-order valence-corrected chi connectivity index (χ3v) is 5.19. The van der Waals surface area contributed by atoms with Crippen molar-refractivity contribution in [3.05, 3.63) is 50.7 Å². The summed E-state index contributed by atoms with van der Waals surface area (Å²) in [5.74, 6) is 1.10. The summed E-state index contributed by atoms with van der Waals surface area (Å²) < 4.78 is 9.69. The molecule has 0 saturated heterocycles. The number of nitrogens with one attached hydrogen (secondary N) is 1. The number of rotatable bonds is 8. The quantitative estimate of drug-likeness (QED) is 0.576. The molecule has 2 aromatic heterocycles. The van der Waals surface area contributed by atoms with Crippen molar-refractivity contribution in [2.24, 2.45) is 14.1 Å². The van der Waals surface area contributed by atoms with E-state index in [1.54, 1.807) is 11.6 Å². The van der Waals surface area contributed by atoms with Crippen LogP contribution >= 0.6 is 0 Å². The summed E-state index contributed by atoms with van der Waals surface area (Å²) in [5.41, 5.74) is 0.760. The number of anilines is 1. The third kappa shape index (κ3) is 4.25. The van der Waals surface area contributed by atoms with E-state index >= 15 is 0 Å². The zero-order valence-electron chi connectivity index (χ0n) is 18.0. The fourth-order valence-electron chi connectivity index (χ4n) is 3.15. The van der Waals surface area contributed by atoms with E-state index < -0.39 is 17.4 Å². The van der Waals surface area contributed by atoms with E-state index in [2.05, 4.69) is 10.3 Å². The van der Waals surface area contributed by atoms with E-state index in [1.165, 1.54) is 11.6 Å². The maximum atomic E-state index is 12.8. The second-order valence-electron chi connectivity index (χ2n) is 7.66. The maximum Gasteiger partial charge on any atom is 0.332 e. The standard InChI is InChI=1S/C21H29N5O4/c1-6-14(3)22-20-23-18-17(19(28)25(5)21(29)24(18)4)26(20)11-15(27)12-30-16-9-7-13(2)8-10-16/h7-10,14-15,27H,6,11-12H2,1-5H3,(H,22,23)/t14-,15+/m0/s1. The molecule has 0 aliphatic rings. The first kappa shape index (κ1) is 21.6. The summed E-state index contributed by atoms with van der Waals surface area (Å²) in [6.07, 6.45) is -0.0395. The van der Waals surface area contributed by atoms with Crippen LogP contribution in [0.3, 0.4) is 0 Å². The molecule has 0 aliphatic carbocycles. The van der Waals surface area contributed by atoms with Crippen molar-refractivity contribution < 1.29 is 9.84 Å². The molecule has 0 radical (unpaired) electrons. The lowest BCUT2D eigenvalue weighted by atomic mass is 10.2. The minimum atomic E-state index is -0.886. The van der Waals surface area contributed by atoms with Crippen LogP contribution in [-0.4, -0.2) is 42.5 Å².